The van der Waals surface area contributed by atoms with Crippen molar-refractivity contribution < 1.29 is 5.11 Å². The van der Waals surface area contributed by atoms with Gasteiger partial charge in [-0.15, -0.1) is 0 Å². The first-order valence-corrected chi connectivity index (χ1v) is 6.16. The molecule has 0 aliphatic heterocycles. The Morgan fingerprint density at radius 3 is 2.69 bits per heavy atom. The van der Waals surface area contributed by atoms with E-state index >= 15 is 0 Å². The number of hydrogen-bond acceptors (Lipinski definition) is 2. The highest BCUT2D eigenvalue weighted by molar-refractivity contribution is 4.83. The third-order valence-corrected chi connectivity index (χ3v) is 3.62. The molecule has 1 aromatic heterocycles. The highest BCUT2D eigenvalue weighted by atomic mass is 16.3. The molecule has 0 amide bonds. The third-order valence-electron chi connectivity index (χ3n) is 3.62. The summed E-state index contributed by atoms with van der Waals surface area (Å²) in [5.41, 5.74) is 0.0648. The monoisotopic (exact) mass is 224 g/mol. The summed E-state index contributed by atoms with van der Waals surface area (Å²) in [5.74, 6) is 0.386. The molecule has 0 saturated heterocycles. The number of imidazole rings is 1. The van der Waals surface area contributed by atoms with Crippen molar-refractivity contribution in [3.63, 3.8) is 0 Å². The Bertz CT molecular complexity index is 394. The van der Waals surface area contributed by atoms with Crippen molar-refractivity contribution in [2.75, 3.05) is 0 Å². The lowest BCUT2D eigenvalue weighted by atomic mass is 10.0. The molecular weight excluding hydrogens is 204 g/mol. The van der Waals surface area contributed by atoms with Gasteiger partial charge in [-0.25, -0.2) is 4.79 Å². The van der Waals surface area contributed by atoms with Crippen LogP contribution in [0.4, 0.5) is 0 Å². The largest absolute Gasteiger partial charge is 0.393 e. The number of hydrogen-bond donors (Lipinski definition) is 1. The Hall–Kier alpha value is -1.03. The van der Waals surface area contributed by atoms with Crippen LogP contribution in [0.15, 0.2) is 17.2 Å². The average Bonchev–Trinajstić information content (AvgIpc) is 2.83. The van der Waals surface area contributed by atoms with Crippen LogP contribution in [0.3, 0.4) is 0 Å². The van der Waals surface area contributed by atoms with E-state index in [-0.39, 0.29) is 11.8 Å². The molecule has 4 nitrogen and oxygen atoms in total. The van der Waals surface area contributed by atoms with Crippen LogP contribution in [0, 0.1) is 5.92 Å². The van der Waals surface area contributed by atoms with E-state index in [1.165, 1.54) is 0 Å². The van der Waals surface area contributed by atoms with E-state index in [1.54, 1.807) is 9.13 Å². The Morgan fingerprint density at radius 1 is 1.38 bits per heavy atom. The smallest absolute Gasteiger partial charge is 0.328 e. The molecule has 1 aliphatic rings. The molecule has 0 radical (unpaired) electrons. The molecule has 2 rings (SSSR count). The summed E-state index contributed by atoms with van der Waals surface area (Å²) in [6.45, 7) is 3.41. The summed E-state index contributed by atoms with van der Waals surface area (Å²) < 4.78 is 3.44. The molecule has 0 spiro atoms. The maximum atomic E-state index is 11.7. The lowest BCUT2D eigenvalue weighted by molar-refractivity contribution is 0.125. The van der Waals surface area contributed by atoms with Gasteiger partial charge in [0.1, 0.15) is 0 Å². The molecule has 0 aromatic carbocycles. The van der Waals surface area contributed by atoms with Gasteiger partial charge in [0.15, 0.2) is 0 Å². The van der Waals surface area contributed by atoms with Gasteiger partial charge in [0.25, 0.3) is 0 Å². The maximum absolute atomic E-state index is 11.7. The minimum absolute atomic E-state index is 0.0648. The lowest BCUT2D eigenvalue weighted by Gasteiger charge is -2.13. The van der Waals surface area contributed by atoms with E-state index in [2.05, 4.69) is 0 Å². The molecule has 1 aliphatic carbocycles. The average molecular weight is 224 g/mol. The van der Waals surface area contributed by atoms with Crippen molar-refractivity contribution in [2.24, 2.45) is 5.92 Å². The first-order valence-electron chi connectivity index (χ1n) is 6.16. The lowest BCUT2D eigenvalue weighted by Crippen LogP contribution is -2.25. The Morgan fingerprint density at radius 2 is 2.12 bits per heavy atom. The molecule has 1 saturated carbocycles. The molecule has 1 aromatic rings. The van der Waals surface area contributed by atoms with E-state index in [1.807, 2.05) is 19.3 Å². The molecule has 16 heavy (non-hydrogen) atoms. The van der Waals surface area contributed by atoms with Gasteiger partial charge in [-0.3, -0.25) is 9.13 Å². The van der Waals surface area contributed by atoms with Gasteiger partial charge in [0.2, 0.25) is 0 Å². The standard InChI is InChI=1S/C12H20N2O2/c1-2-13-8-9-14(12(13)16)7-6-10-4-3-5-11(10)15/h8-11,15H,2-7H2,1H3. The quantitative estimate of drug-likeness (QED) is 0.836. The van der Waals surface area contributed by atoms with Gasteiger partial charge in [0.05, 0.1) is 6.10 Å². The SMILES string of the molecule is CCn1ccn(CCC2CCCC2O)c1=O. The normalized spacial score (nSPS) is 25.1. The summed E-state index contributed by atoms with van der Waals surface area (Å²) in [4.78, 5) is 11.7. The summed E-state index contributed by atoms with van der Waals surface area (Å²) in [5, 5.41) is 9.70. The van der Waals surface area contributed by atoms with E-state index in [4.69, 9.17) is 0 Å². The summed E-state index contributed by atoms with van der Waals surface area (Å²) in [6, 6.07) is 0. The topological polar surface area (TPSA) is 47.2 Å². The predicted octanol–water partition coefficient (Wildman–Crippen LogP) is 1.22. The second kappa shape index (κ2) is 4.87. The highest BCUT2D eigenvalue weighted by Crippen LogP contribution is 2.28. The molecular formula is C12H20N2O2. The Kier molecular flexibility index (Phi) is 3.49. The number of aryl methyl sites for hydroxylation is 2. The van der Waals surface area contributed by atoms with Crippen LogP contribution in [0.5, 0.6) is 0 Å². The first kappa shape index (κ1) is 11.5. The minimum Gasteiger partial charge on any atom is -0.393 e. The summed E-state index contributed by atoms with van der Waals surface area (Å²) >= 11 is 0. The van der Waals surface area contributed by atoms with Gasteiger partial charge in [-0.1, -0.05) is 6.42 Å². The van der Waals surface area contributed by atoms with Crippen LogP contribution in [0.2, 0.25) is 0 Å². The van der Waals surface area contributed by atoms with Crippen LogP contribution in [0.25, 0.3) is 0 Å². The number of rotatable bonds is 4. The van der Waals surface area contributed by atoms with Crippen LogP contribution >= 0.6 is 0 Å². The molecule has 1 N–H and O–H groups in total. The Balaban J connectivity index is 1.94. The van der Waals surface area contributed by atoms with Gasteiger partial charge >= 0.3 is 5.69 Å². The first-order chi connectivity index (χ1) is 7.72. The van der Waals surface area contributed by atoms with E-state index < -0.39 is 0 Å². The van der Waals surface area contributed by atoms with E-state index in [0.29, 0.717) is 5.92 Å². The van der Waals surface area contributed by atoms with Gasteiger partial charge in [-0.2, -0.15) is 0 Å². The molecule has 1 fully saturated rings. The van der Waals surface area contributed by atoms with E-state index in [0.717, 1.165) is 38.8 Å². The highest BCUT2D eigenvalue weighted by Gasteiger charge is 2.24. The van der Waals surface area contributed by atoms with Crippen LogP contribution in [-0.2, 0) is 13.1 Å². The number of nitrogens with zero attached hydrogens (tertiary/aromatic N) is 2. The molecule has 90 valence electrons. The van der Waals surface area contributed by atoms with Gasteiger partial charge in [0, 0.05) is 25.5 Å². The summed E-state index contributed by atoms with van der Waals surface area (Å²) in [6.07, 6.45) is 7.58. The van der Waals surface area contributed by atoms with E-state index in [9.17, 15) is 9.90 Å². The minimum atomic E-state index is -0.149. The van der Waals surface area contributed by atoms with Crippen molar-refractivity contribution in [1.29, 1.82) is 0 Å². The van der Waals surface area contributed by atoms with Gasteiger partial charge in [-0.05, 0) is 32.1 Å². The molecule has 0 bridgehead atoms. The van der Waals surface area contributed by atoms with Gasteiger partial charge < -0.3 is 5.11 Å². The fraction of sp³-hybridized carbons (Fsp3) is 0.750. The number of aliphatic hydroxyl groups excluding tert-OH is 1. The second-order valence-corrected chi connectivity index (χ2v) is 4.61. The zero-order valence-corrected chi connectivity index (χ0v) is 9.80. The van der Waals surface area contributed by atoms with Crippen molar-refractivity contribution in [1.82, 2.24) is 9.13 Å². The van der Waals surface area contributed by atoms with Crippen molar-refractivity contribution in [2.45, 2.75) is 51.8 Å². The number of aromatic nitrogens is 2. The second-order valence-electron chi connectivity index (χ2n) is 4.61. The van der Waals surface area contributed by atoms with Crippen molar-refractivity contribution >= 4 is 0 Å². The molecule has 4 heteroatoms. The third kappa shape index (κ3) is 2.21. The predicted molar refractivity (Wildman–Crippen MR) is 62.3 cm³/mol. The zero-order valence-electron chi connectivity index (χ0n) is 9.80. The molecule has 1 heterocycles. The Labute approximate surface area is 95.5 Å². The summed E-state index contributed by atoms with van der Waals surface area (Å²) in [7, 11) is 0. The zero-order chi connectivity index (χ0) is 11.5. The van der Waals surface area contributed by atoms with Crippen molar-refractivity contribution in [3.8, 4) is 0 Å². The van der Waals surface area contributed by atoms with Crippen molar-refractivity contribution in [3.05, 3.63) is 22.9 Å². The fourth-order valence-electron chi connectivity index (χ4n) is 2.52. The van der Waals surface area contributed by atoms with Crippen LogP contribution < -0.4 is 5.69 Å². The van der Waals surface area contributed by atoms with Crippen LogP contribution in [-0.4, -0.2) is 20.3 Å². The number of aliphatic hydroxyl groups is 1. The molecule has 2 unspecified atom stereocenters. The van der Waals surface area contributed by atoms with Crippen LogP contribution in [0.1, 0.15) is 32.6 Å². The fourth-order valence-corrected chi connectivity index (χ4v) is 2.52. The maximum Gasteiger partial charge on any atom is 0.328 e. The molecule has 2 atom stereocenters.